The lowest BCUT2D eigenvalue weighted by molar-refractivity contribution is -0.126. The summed E-state index contributed by atoms with van der Waals surface area (Å²) >= 11 is 0. The van der Waals surface area contributed by atoms with E-state index in [1.807, 2.05) is 68.3 Å². The van der Waals surface area contributed by atoms with Crippen molar-refractivity contribution in [2.45, 2.75) is 25.3 Å². The van der Waals surface area contributed by atoms with Gasteiger partial charge in [0.2, 0.25) is 5.91 Å². The number of anilines is 1. The number of likely N-dealkylation sites (N-methyl/N-ethyl adjacent to an activating group) is 1. The van der Waals surface area contributed by atoms with Crippen molar-refractivity contribution in [3.63, 3.8) is 0 Å². The number of aromatic hydroxyl groups is 2. The number of nitrogens with zero attached hydrogens (tertiary/aromatic N) is 1. The van der Waals surface area contributed by atoms with Crippen LogP contribution >= 0.6 is 0 Å². The lowest BCUT2D eigenvalue weighted by atomic mass is 9.70. The number of amides is 1. The highest BCUT2D eigenvalue weighted by molar-refractivity contribution is 6.12. The molecule has 3 N–H and O–H groups in total. The number of phenolic OH excluding ortho intramolecular Hbond substituents is 2. The van der Waals surface area contributed by atoms with Gasteiger partial charge in [-0.25, -0.2) is 0 Å². The van der Waals surface area contributed by atoms with Gasteiger partial charge in [0.15, 0.2) is 17.3 Å². The Hall–Kier alpha value is -3.64. The molecule has 2 heterocycles. The smallest absolute Gasteiger partial charge is 0.250 e. The fraction of sp³-hybridized carbons (Fsp3) is 0.259. The summed E-state index contributed by atoms with van der Waals surface area (Å²) in [5, 5.41) is 23.0. The number of carbonyl (C=O) groups excluding carboxylic acids is 2. The second-order valence-corrected chi connectivity index (χ2v) is 9.22. The fourth-order valence-electron chi connectivity index (χ4n) is 5.76. The third-order valence-electron chi connectivity index (χ3n) is 7.07. The van der Waals surface area contributed by atoms with Crippen molar-refractivity contribution >= 4 is 17.4 Å². The normalized spacial score (nSPS) is 24.2. The second-order valence-electron chi connectivity index (χ2n) is 9.22. The van der Waals surface area contributed by atoms with Crippen molar-refractivity contribution in [1.82, 2.24) is 4.90 Å². The van der Waals surface area contributed by atoms with Crippen molar-refractivity contribution in [3.05, 3.63) is 88.5 Å². The van der Waals surface area contributed by atoms with Gasteiger partial charge in [-0.2, -0.15) is 0 Å². The summed E-state index contributed by atoms with van der Waals surface area (Å²) in [5.74, 6) is -1.90. The van der Waals surface area contributed by atoms with E-state index in [2.05, 4.69) is 5.32 Å². The molecule has 1 fully saturated rings. The molecule has 0 aliphatic carbocycles. The lowest BCUT2D eigenvalue weighted by Crippen LogP contribution is -2.51. The Morgan fingerprint density at radius 3 is 2.39 bits per heavy atom. The van der Waals surface area contributed by atoms with Gasteiger partial charge in [-0.15, -0.1) is 0 Å². The number of rotatable bonds is 3. The topological polar surface area (TPSA) is 89.9 Å². The van der Waals surface area contributed by atoms with Crippen LogP contribution in [-0.4, -0.2) is 40.4 Å². The maximum Gasteiger partial charge on any atom is 0.250 e. The van der Waals surface area contributed by atoms with Gasteiger partial charge in [0, 0.05) is 29.3 Å². The number of likely N-dealkylation sites (tertiary alicyclic amines) is 1. The molecule has 1 saturated heterocycles. The van der Waals surface area contributed by atoms with Gasteiger partial charge >= 0.3 is 0 Å². The zero-order chi connectivity index (χ0) is 23.5. The minimum atomic E-state index is -1.18. The summed E-state index contributed by atoms with van der Waals surface area (Å²) in [6.07, 6.45) is 0. The van der Waals surface area contributed by atoms with E-state index < -0.39 is 11.5 Å². The van der Waals surface area contributed by atoms with Crippen molar-refractivity contribution < 1.29 is 19.8 Å². The number of benzene rings is 3. The highest BCUT2D eigenvalue weighted by atomic mass is 16.3. The zero-order valence-electron chi connectivity index (χ0n) is 18.8. The Morgan fingerprint density at radius 1 is 1.00 bits per heavy atom. The summed E-state index contributed by atoms with van der Waals surface area (Å²) in [7, 11) is 1.86. The van der Waals surface area contributed by atoms with Crippen LogP contribution < -0.4 is 5.32 Å². The molecule has 3 aromatic rings. The summed E-state index contributed by atoms with van der Waals surface area (Å²) in [5.41, 5.74) is 3.55. The summed E-state index contributed by atoms with van der Waals surface area (Å²) in [4.78, 5) is 29.8. The number of fused-ring (bicyclic) bond motifs is 2. The number of ketones is 1. The van der Waals surface area contributed by atoms with Crippen LogP contribution in [0.1, 0.15) is 38.5 Å². The van der Waals surface area contributed by atoms with Gasteiger partial charge in [0.05, 0.1) is 5.92 Å². The number of Topliss-reactive ketones (excluding diaryl/α,β-unsaturated/α-hetero) is 1. The summed E-state index contributed by atoms with van der Waals surface area (Å²) in [6, 6.07) is 17.9. The molecule has 6 heteroatoms. The average molecular weight is 443 g/mol. The average Bonchev–Trinajstić information content (AvgIpc) is 3.24. The Morgan fingerprint density at radius 2 is 1.70 bits per heavy atom. The molecule has 2 aliphatic heterocycles. The summed E-state index contributed by atoms with van der Waals surface area (Å²) < 4.78 is 0. The molecule has 1 amide bonds. The molecular formula is C27H26N2O4. The predicted octanol–water partition coefficient (Wildman–Crippen LogP) is 4.09. The first-order valence-corrected chi connectivity index (χ1v) is 11.0. The first-order chi connectivity index (χ1) is 15.7. The molecule has 3 atom stereocenters. The van der Waals surface area contributed by atoms with Crippen molar-refractivity contribution in [3.8, 4) is 11.5 Å². The van der Waals surface area contributed by atoms with E-state index in [0.29, 0.717) is 23.4 Å². The molecule has 0 radical (unpaired) electrons. The number of nitrogens with one attached hydrogen (secondary N) is 1. The SMILES string of the molecule is Cc1cc(C)cc(C(=O)C2C(c3ccc(O)c(O)c3)CN(C)C23C(=O)Nc2ccccc23)c1. The Kier molecular flexibility index (Phi) is 4.79. The molecule has 5 rings (SSSR count). The maximum atomic E-state index is 14.2. The molecule has 3 unspecified atom stereocenters. The van der Waals surface area contributed by atoms with Crippen LogP contribution in [0.4, 0.5) is 5.69 Å². The zero-order valence-corrected chi connectivity index (χ0v) is 18.8. The highest BCUT2D eigenvalue weighted by Crippen LogP contribution is 2.56. The molecule has 3 aromatic carbocycles. The Balaban J connectivity index is 1.74. The number of aryl methyl sites for hydroxylation is 2. The lowest BCUT2D eigenvalue weighted by Gasteiger charge is -2.35. The van der Waals surface area contributed by atoms with E-state index in [9.17, 15) is 19.8 Å². The second kappa shape index (κ2) is 7.46. The molecule has 0 bridgehead atoms. The van der Waals surface area contributed by atoms with Crippen LogP contribution in [-0.2, 0) is 10.3 Å². The van der Waals surface area contributed by atoms with Crippen molar-refractivity contribution in [2.24, 2.45) is 5.92 Å². The molecule has 2 aliphatic rings. The van der Waals surface area contributed by atoms with Crippen molar-refractivity contribution in [2.75, 3.05) is 18.9 Å². The van der Waals surface area contributed by atoms with E-state index in [0.717, 1.165) is 16.7 Å². The Labute approximate surface area is 192 Å². The van der Waals surface area contributed by atoms with Gasteiger partial charge in [0.25, 0.3) is 0 Å². The third kappa shape index (κ3) is 3.05. The highest BCUT2D eigenvalue weighted by Gasteiger charge is 2.64. The third-order valence-corrected chi connectivity index (χ3v) is 7.07. The van der Waals surface area contributed by atoms with E-state index in [1.54, 1.807) is 6.07 Å². The number of hydrogen-bond donors (Lipinski definition) is 3. The summed E-state index contributed by atoms with van der Waals surface area (Å²) in [6.45, 7) is 4.34. The number of hydrogen-bond acceptors (Lipinski definition) is 5. The quantitative estimate of drug-likeness (QED) is 0.420. The molecule has 0 aromatic heterocycles. The van der Waals surface area contributed by atoms with Gasteiger partial charge in [0.1, 0.15) is 5.54 Å². The van der Waals surface area contributed by atoms with Crippen LogP contribution in [0.2, 0.25) is 0 Å². The van der Waals surface area contributed by atoms with Gasteiger partial charge in [-0.3, -0.25) is 14.5 Å². The molecule has 168 valence electrons. The molecule has 1 spiro atoms. The van der Waals surface area contributed by atoms with Crippen LogP contribution in [0, 0.1) is 19.8 Å². The number of carbonyl (C=O) groups is 2. The first-order valence-electron chi connectivity index (χ1n) is 11.0. The van der Waals surface area contributed by atoms with E-state index in [4.69, 9.17) is 0 Å². The predicted molar refractivity (Wildman–Crippen MR) is 126 cm³/mol. The Bertz CT molecular complexity index is 1280. The number of para-hydroxylation sites is 1. The van der Waals surface area contributed by atoms with E-state index >= 15 is 0 Å². The standard InChI is InChI=1S/C27H26N2O4/c1-15-10-16(2)12-18(11-15)25(32)24-19(17-8-9-22(30)23(31)13-17)14-29(3)27(24)20-6-4-5-7-21(20)28-26(27)33/h4-13,19,24,30-31H,14H2,1-3H3,(H,28,33). The van der Waals surface area contributed by atoms with Crippen LogP contribution in [0.5, 0.6) is 11.5 Å². The van der Waals surface area contributed by atoms with Crippen LogP contribution in [0.15, 0.2) is 60.7 Å². The monoisotopic (exact) mass is 442 g/mol. The van der Waals surface area contributed by atoms with Gasteiger partial charge < -0.3 is 15.5 Å². The first kappa shape index (κ1) is 21.2. The molecule has 6 nitrogen and oxygen atoms in total. The minimum Gasteiger partial charge on any atom is -0.504 e. The maximum absolute atomic E-state index is 14.2. The number of phenols is 2. The molecule has 33 heavy (non-hydrogen) atoms. The van der Waals surface area contributed by atoms with E-state index in [1.165, 1.54) is 12.1 Å². The van der Waals surface area contributed by atoms with Crippen LogP contribution in [0.25, 0.3) is 0 Å². The van der Waals surface area contributed by atoms with Crippen LogP contribution in [0.3, 0.4) is 0 Å². The van der Waals surface area contributed by atoms with E-state index in [-0.39, 0.29) is 29.1 Å². The molecule has 0 saturated carbocycles. The molecular weight excluding hydrogens is 416 g/mol. The minimum absolute atomic E-state index is 0.115. The largest absolute Gasteiger partial charge is 0.504 e. The van der Waals surface area contributed by atoms with Gasteiger partial charge in [-0.1, -0.05) is 41.5 Å². The van der Waals surface area contributed by atoms with Gasteiger partial charge in [-0.05, 0) is 56.8 Å². The van der Waals surface area contributed by atoms with Crippen molar-refractivity contribution in [1.29, 1.82) is 0 Å². The fourth-order valence-corrected chi connectivity index (χ4v) is 5.76.